The summed E-state index contributed by atoms with van der Waals surface area (Å²) in [6.45, 7) is 1.67. The molecule has 1 atom stereocenters. The van der Waals surface area contributed by atoms with Gasteiger partial charge in [-0.3, -0.25) is 0 Å². The number of halogens is 3. The molecule has 2 nitrogen and oxygen atoms in total. The fourth-order valence-corrected chi connectivity index (χ4v) is 2.22. The maximum Gasteiger partial charge on any atom is 0.161 e. The summed E-state index contributed by atoms with van der Waals surface area (Å²) >= 11 is 0. The normalized spacial score (nSPS) is 19.6. The van der Waals surface area contributed by atoms with Gasteiger partial charge in [0.15, 0.2) is 11.6 Å². The average Bonchev–Trinajstić information content (AvgIpc) is 2.41. The topological polar surface area (TPSA) is 21.3 Å². The summed E-state index contributed by atoms with van der Waals surface area (Å²) in [6.07, 6.45) is 4.47. The summed E-state index contributed by atoms with van der Waals surface area (Å²) in [5.74, 6) is -2.90. The van der Waals surface area contributed by atoms with E-state index in [2.05, 4.69) is 5.32 Å². The van der Waals surface area contributed by atoms with Crippen LogP contribution in [0.4, 0.5) is 13.2 Å². The Balaban J connectivity index is 1.74. The van der Waals surface area contributed by atoms with Crippen LogP contribution in [0.5, 0.6) is 0 Å². The number of hydrogen-bond donors (Lipinski definition) is 1. The fourth-order valence-electron chi connectivity index (χ4n) is 2.22. The zero-order chi connectivity index (χ0) is 13.7. The van der Waals surface area contributed by atoms with E-state index in [1.807, 2.05) is 0 Å². The molecule has 0 radical (unpaired) electrons. The molecule has 2 rings (SSSR count). The van der Waals surface area contributed by atoms with E-state index in [4.69, 9.17) is 4.74 Å². The van der Waals surface area contributed by atoms with Crippen molar-refractivity contribution in [3.63, 3.8) is 0 Å². The van der Waals surface area contributed by atoms with Crippen molar-refractivity contribution in [2.24, 2.45) is 0 Å². The lowest BCUT2D eigenvalue weighted by Gasteiger charge is -2.22. The second-order valence-electron chi connectivity index (χ2n) is 4.81. The van der Waals surface area contributed by atoms with E-state index in [-0.39, 0.29) is 18.2 Å². The van der Waals surface area contributed by atoms with Crippen LogP contribution in [0.15, 0.2) is 12.1 Å². The number of benzene rings is 1. The second-order valence-corrected chi connectivity index (χ2v) is 4.81. The predicted octanol–water partition coefficient (Wildman–Crippen LogP) is 3.15. The lowest BCUT2D eigenvalue weighted by Crippen LogP contribution is -2.25. The highest BCUT2D eigenvalue weighted by atomic mass is 19.2. The Morgan fingerprint density at radius 2 is 1.89 bits per heavy atom. The predicted molar refractivity (Wildman–Crippen MR) is 66.2 cm³/mol. The van der Waals surface area contributed by atoms with Crippen molar-refractivity contribution in [2.45, 2.75) is 38.3 Å². The first-order chi connectivity index (χ1) is 9.16. The molecule has 0 amide bonds. The highest BCUT2D eigenvalue weighted by molar-refractivity contribution is 5.19. The monoisotopic (exact) mass is 273 g/mol. The van der Waals surface area contributed by atoms with Crippen molar-refractivity contribution in [1.82, 2.24) is 5.32 Å². The highest BCUT2D eigenvalue weighted by Crippen LogP contribution is 2.16. The zero-order valence-electron chi connectivity index (χ0n) is 10.7. The summed E-state index contributed by atoms with van der Waals surface area (Å²) in [5, 5.41) is 3.03. The molecule has 0 aromatic heterocycles. The Bertz CT molecular complexity index is 419. The SMILES string of the molecule is Fc1cc(F)c(CNCCC2CCCCO2)cc1F. The van der Waals surface area contributed by atoms with E-state index < -0.39 is 17.5 Å². The molecule has 1 aromatic rings. The number of rotatable bonds is 5. The van der Waals surface area contributed by atoms with Crippen LogP contribution in [0, 0.1) is 17.5 Å². The summed E-state index contributed by atoms with van der Waals surface area (Å²) in [7, 11) is 0. The van der Waals surface area contributed by atoms with Gasteiger partial charge in [0.25, 0.3) is 0 Å². The van der Waals surface area contributed by atoms with E-state index in [1.54, 1.807) is 0 Å². The minimum absolute atomic E-state index is 0.142. The van der Waals surface area contributed by atoms with Gasteiger partial charge in [-0.25, -0.2) is 13.2 Å². The Morgan fingerprint density at radius 3 is 2.63 bits per heavy atom. The third-order valence-corrected chi connectivity index (χ3v) is 3.32. The van der Waals surface area contributed by atoms with Crippen LogP contribution in [-0.2, 0) is 11.3 Å². The van der Waals surface area contributed by atoms with Crippen LogP contribution in [0.2, 0.25) is 0 Å². The van der Waals surface area contributed by atoms with Gasteiger partial charge in [0.2, 0.25) is 0 Å². The summed E-state index contributed by atoms with van der Waals surface area (Å²) in [5.41, 5.74) is 0.142. The van der Waals surface area contributed by atoms with Gasteiger partial charge in [0.05, 0.1) is 6.10 Å². The molecule has 1 aliphatic rings. The third kappa shape index (κ3) is 4.21. The maximum atomic E-state index is 13.3. The largest absolute Gasteiger partial charge is 0.378 e. The molecule has 0 aliphatic carbocycles. The second kappa shape index (κ2) is 6.91. The van der Waals surface area contributed by atoms with E-state index in [1.165, 1.54) is 6.42 Å². The van der Waals surface area contributed by atoms with E-state index in [0.29, 0.717) is 12.6 Å². The first-order valence-electron chi connectivity index (χ1n) is 6.62. The van der Waals surface area contributed by atoms with Crippen molar-refractivity contribution < 1.29 is 17.9 Å². The summed E-state index contributed by atoms with van der Waals surface area (Å²) < 4.78 is 44.6. The lowest BCUT2D eigenvalue weighted by molar-refractivity contribution is 0.0115. The molecule has 1 N–H and O–H groups in total. The van der Waals surface area contributed by atoms with Crippen molar-refractivity contribution in [2.75, 3.05) is 13.2 Å². The molecule has 1 heterocycles. The molecule has 1 unspecified atom stereocenters. The van der Waals surface area contributed by atoms with Gasteiger partial charge in [-0.05, 0) is 38.3 Å². The Hall–Kier alpha value is -1.07. The lowest BCUT2D eigenvalue weighted by atomic mass is 10.1. The molecule has 1 aliphatic heterocycles. The van der Waals surface area contributed by atoms with Gasteiger partial charge in [0.1, 0.15) is 5.82 Å². The minimum atomic E-state index is -1.16. The van der Waals surface area contributed by atoms with Gasteiger partial charge in [-0.2, -0.15) is 0 Å². The summed E-state index contributed by atoms with van der Waals surface area (Å²) in [4.78, 5) is 0. The van der Waals surface area contributed by atoms with Crippen molar-refractivity contribution >= 4 is 0 Å². The van der Waals surface area contributed by atoms with E-state index >= 15 is 0 Å². The molecule has 1 saturated heterocycles. The van der Waals surface area contributed by atoms with Gasteiger partial charge >= 0.3 is 0 Å². The maximum absolute atomic E-state index is 13.3. The average molecular weight is 273 g/mol. The van der Waals surface area contributed by atoms with Gasteiger partial charge in [0, 0.05) is 24.8 Å². The van der Waals surface area contributed by atoms with Crippen LogP contribution in [0.1, 0.15) is 31.2 Å². The molecule has 5 heteroatoms. The first kappa shape index (κ1) is 14.3. The van der Waals surface area contributed by atoms with E-state index in [0.717, 1.165) is 31.9 Å². The standard InChI is InChI=1S/C14H18F3NO/c15-12-8-14(17)13(16)7-10(12)9-18-5-4-11-3-1-2-6-19-11/h7-8,11,18H,1-6,9H2. The number of hydrogen-bond acceptors (Lipinski definition) is 2. The van der Waals surface area contributed by atoms with E-state index in [9.17, 15) is 13.2 Å². The van der Waals surface area contributed by atoms with Crippen LogP contribution < -0.4 is 5.32 Å². The number of nitrogens with one attached hydrogen (secondary N) is 1. The van der Waals surface area contributed by atoms with Crippen molar-refractivity contribution in [3.8, 4) is 0 Å². The molecular weight excluding hydrogens is 255 g/mol. The molecule has 1 aromatic carbocycles. The number of ether oxygens (including phenoxy) is 1. The minimum Gasteiger partial charge on any atom is -0.378 e. The molecule has 0 spiro atoms. The zero-order valence-corrected chi connectivity index (χ0v) is 10.7. The van der Waals surface area contributed by atoms with Gasteiger partial charge < -0.3 is 10.1 Å². The van der Waals surface area contributed by atoms with Crippen LogP contribution in [0.3, 0.4) is 0 Å². The molecule has 106 valence electrons. The van der Waals surface area contributed by atoms with Gasteiger partial charge in [-0.1, -0.05) is 0 Å². The first-order valence-corrected chi connectivity index (χ1v) is 6.62. The third-order valence-electron chi connectivity index (χ3n) is 3.32. The molecule has 1 fully saturated rings. The molecule has 0 saturated carbocycles. The molecular formula is C14H18F3NO. The van der Waals surface area contributed by atoms with Gasteiger partial charge in [-0.15, -0.1) is 0 Å². The Morgan fingerprint density at radius 1 is 1.11 bits per heavy atom. The smallest absolute Gasteiger partial charge is 0.161 e. The van der Waals surface area contributed by atoms with Crippen molar-refractivity contribution in [3.05, 3.63) is 35.1 Å². The highest BCUT2D eigenvalue weighted by Gasteiger charge is 2.13. The van der Waals surface area contributed by atoms with Crippen LogP contribution >= 0.6 is 0 Å². The van der Waals surface area contributed by atoms with Crippen LogP contribution in [0.25, 0.3) is 0 Å². The fraction of sp³-hybridized carbons (Fsp3) is 0.571. The molecule has 0 bridgehead atoms. The Kier molecular flexibility index (Phi) is 5.22. The Labute approximate surface area is 111 Å². The quantitative estimate of drug-likeness (QED) is 0.657. The summed E-state index contributed by atoms with van der Waals surface area (Å²) in [6, 6.07) is 1.48. The van der Waals surface area contributed by atoms with Crippen LogP contribution in [-0.4, -0.2) is 19.3 Å². The molecule has 19 heavy (non-hydrogen) atoms. The van der Waals surface area contributed by atoms with Crippen molar-refractivity contribution in [1.29, 1.82) is 0 Å².